The number of nitrogens with zero attached hydrogens (tertiary/aromatic N) is 1. The Morgan fingerprint density at radius 1 is 1.28 bits per heavy atom. The van der Waals surface area contributed by atoms with E-state index < -0.39 is 0 Å². The lowest BCUT2D eigenvalue weighted by molar-refractivity contribution is -0.0609. The van der Waals surface area contributed by atoms with Gasteiger partial charge in [0.15, 0.2) is 0 Å². The van der Waals surface area contributed by atoms with Crippen molar-refractivity contribution in [1.29, 1.82) is 0 Å². The molecule has 1 aliphatic heterocycles. The van der Waals surface area contributed by atoms with Gasteiger partial charge in [0.05, 0.1) is 6.10 Å². The van der Waals surface area contributed by atoms with Crippen LogP contribution in [0.4, 0.5) is 0 Å². The molecule has 1 heterocycles. The van der Waals surface area contributed by atoms with Gasteiger partial charge < -0.3 is 10.5 Å². The predicted molar refractivity (Wildman–Crippen MR) is 75.6 cm³/mol. The zero-order chi connectivity index (χ0) is 13.0. The fraction of sp³-hybridized carbons (Fsp3) is 1.00. The Hall–Kier alpha value is -0.120. The van der Waals surface area contributed by atoms with Crippen LogP contribution in [-0.2, 0) is 4.74 Å². The Morgan fingerprint density at radius 2 is 2.11 bits per heavy atom. The van der Waals surface area contributed by atoms with Crippen LogP contribution < -0.4 is 5.73 Å². The van der Waals surface area contributed by atoms with E-state index in [0.717, 1.165) is 25.6 Å². The molecule has 3 nitrogen and oxygen atoms in total. The van der Waals surface area contributed by atoms with Gasteiger partial charge in [-0.3, -0.25) is 4.90 Å². The second-order valence-corrected chi connectivity index (χ2v) is 6.12. The minimum Gasteiger partial charge on any atom is -0.377 e. The second-order valence-electron chi connectivity index (χ2n) is 6.12. The number of hydrogen-bond donors (Lipinski definition) is 1. The van der Waals surface area contributed by atoms with Crippen molar-refractivity contribution in [2.75, 3.05) is 26.2 Å². The maximum absolute atomic E-state index is 6.20. The molecule has 0 aromatic rings. The Bertz CT molecular complexity index is 257. The summed E-state index contributed by atoms with van der Waals surface area (Å²) >= 11 is 0. The van der Waals surface area contributed by atoms with Gasteiger partial charge in [0.25, 0.3) is 0 Å². The van der Waals surface area contributed by atoms with E-state index >= 15 is 0 Å². The van der Waals surface area contributed by atoms with Gasteiger partial charge in [0.2, 0.25) is 0 Å². The van der Waals surface area contributed by atoms with Crippen molar-refractivity contribution in [3.8, 4) is 0 Å². The number of rotatable bonds is 4. The number of ether oxygens (including phenoxy) is 1. The van der Waals surface area contributed by atoms with Crippen molar-refractivity contribution < 1.29 is 4.74 Å². The standard InChI is InChI=1S/C15H30N2O/c1-3-18-14-8-6-10-17(11-14)15(12-16)9-5-4-7-13(15)2/h13-14H,3-12,16H2,1-2H3. The quantitative estimate of drug-likeness (QED) is 0.837. The van der Waals surface area contributed by atoms with Gasteiger partial charge in [-0.25, -0.2) is 0 Å². The number of hydrogen-bond acceptors (Lipinski definition) is 3. The van der Waals surface area contributed by atoms with E-state index in [9.17, 15) is 0 Å². The second kappa shape index (κ2) is 6.36. The molecule has 2 fully saturated rings. The Balaban J connectivity index is 2.06. The molecule has 0 spiro atoms. The third-order valence-corrected chi connectivity index (χ3v) is 5.18. The maximum Gasteiger partial charge on any atom is 0.0702 e. The van der Waals surface area contributed by atoms with Gasteiger partial charge in [-0.15, -0.1) is 0 Å². The molecule has 3 heteroatoms. The third-order valence-electron chi connectivity index (χ3n) is 5.18. The highest BCUT2D eigenvalue weighted by molar-refractivity contribution is 5.00. The molecule has 0 amide bonds. The van der Waals surface area contributed by atoms with Crippen LogP contribution in [0, 0.1) is 5.92 Å². The molecule has 0 radical (unpaired) electrons. The van der Waals surface area contributed by atoms with Crippen LogP contribution >= 0.6 is 0 Å². The van der Waals surface area contributed by atoms with Gasteiger partial charge in [-0.05, 0) is 45.1 Å². The summed E-state index contributed by atoms with van der Waals surface area (Å²) in [6, 6.07) is 0. The zero-order valence-electron chi connectivity index (χ0n) is 12.2. The molecule has 0 bridgehead atoms. The SMILES string of the molecule is CCOC1CCCN(C2(CN)CCCCC2C)C1. The van der Waals surface area contributed by atoms with Crippen molar-refractivity contribution in [2.45, 2.75) is 64.0 Å². The fourth-order valence-electron chi connectivity index (χ4n) is 4.01. The largest absolute Gasteiger partial charge is 0.377 e. The molecule has 2 N–H and O–H groups in total. The minimum atomic E-state index is 0.258. The molecule has 0 aromatic carbocycles. The Labute approximate surface area is 112 Å². The number of piperidine rings is 1. The highest BCUT2D eigenvalue weighted by Crippen LogP contribution is 2.39. The van der Waals surface area contributed by atoms with Crippen LogP contribution in [0.5, 0.6) is 0 Å². The van der Waals surface area contributed by atoms with Crippen LogP contribution in [0.25, 0.3) is 0 Å². The molecule has 2 aliphatic rings. The van der Waals surface area contributed by atoms with Crippen molar-refractivity contribution in [1.82, 2.24) is 4.90 Å². The Kier molecular flexibility index (Phi) is 5.05. The van der Waals surface area contributed by atoms with E-state index in [4.69, 9.17) is 10.5 Å². The topological polar surface area (TPSA) is 38.5 Å². The first-order valence-electron chi connectivity index (χ1n) is 7.79. The first-order chi connectivity index (χ1) is 8.73. The van der Waals surface area contributed by atoms with Crippen molar-refractivity contribution in [3.63, 3.8) is 0 Å². The van der Waals surface area contributed by atoms with Crippen LogP contribution in [-0.4, -0.2) is 42.8 Å². The summed E-state index contributed by atoms with van der Waals surface area (Å²) in [6.07, 6.45) is 8.26. The molecule has 1 aliphatic carbocycles. The summed E-state index contributed by atoms with van der Waals surface area (Å²) in [7, 11) is 0. The molecule has 3 atom stereocenters. The summed E-state index contributed by atoms with van der Waals surface area (Å²) in [6.45, 7) is 8.45. The lowest BCUT2D eigenvalue weighted by atomic mass is 9.71. The Morgan fingerprint density at radius 3 is 2.78 bits per heavy atom. The van der Waals surface area contributed by atoms with E-state index in [0.29, 0.717) is 6.10 Å². The van der Waals surface area contributed by atoms with Gasteiger partial charge in [-0.2, -0.15) is 0 Å². The monoisotopic (exact) mass is 254 g/mol. The molecule has 18 heavy (non-hydrogen) atoms. The molecule has 106 valence electrons. The van der Waals surface area contributed by atoms with E-state index in [1.54, 1.807) is 0 Å². The summed E-state index contributed by atoms with van der Waals surface area (Å²) in [5, 5.41) is 0. The van der Waals surface area contributed by atoms with E-state index in [1.807, 2.05) is 0 Å². The molecule has 1 saturated heterocycles. The van der Waals surface area contributed by atoms with E-state index in [-0.39, 0.29) is 5.54 Å². The summed E-state index contributed by atoms with van der Waals surface area (Å²) in [4.78, 5) is 2.67. The van der Waals surface area contributed by atoms with Gasteiger partial charge in [-0.1, -0.05) is 19.8 Å². The summed E-state index contributed by atoms with van der Waals surface area (Å²) in [5.74, 6) is 0.733. The van der Waals surface area contributed by atoms with E-state index in [1.165, 1.54) is 45.1 Å². The highest BCUT2D eigenvalue weighted by Gasteiger charge is 2.43. The van der Waals surface area contributed by atoms with Gasteiger partial charge in [0.1, 0.15) is 0 Å². The lowest BCUT2D eigenvalue weighted by Crippen LogP contribution is -2.62. The molecule has 3 unspecified atom stereocenters. The summed E-state index contributed by atoms with van der Waals surface area (Å²) in [5.41, 5.74) is 6.45. The third kappa shape index (κ3) is 2.73. The predicted octanol–water partition coefficient (Wildman–Crippen LogP) is 2.39. The summed E-state index contributed by atoms with van der Waals surface area (Å²) < 4.78 is 5.85. The smallest absolute Gasteiger partial charge is 0.0702 e. The van der Waals surface area contributed by atoms with E-state index in [2.05, 4.69) is 18.7 Å². The molecular formula is C15H30N2O. The molecular weight excluding hydrogens is 224 g/mol. The van der Waals surface area contributed by atoms with Crippen molar-refractivity contribution in [2.24, 2.45) is 11.7 Å². The molecule has 1 saturated carbocycles. The average molecular weight is 254 g/mol. The van der Waals surface area contributed by atoms with Gasteiger partial charge in [0, 0.05) is 25.2 Å². The maximum atomic E-state index is 6.20. The first-order valence-corrected chi connectivity index (χ1v) is 7.79. The molecule has 0 aromatic heterocycles. The van der Waals surface area contributed by atoms with Crippen LogP contribution in [0.3, 0.4) is 0 Å². The van der Waals surface area contributed by atoms with Crippen LogP contribution in [0.2, 0.25) is 0 Å². The molecule has 2 rings (SSSR count). The van der Waals surface area contributed by atoms with Crippen LogP contribution in [0.1, 0.15) is 52.4 Å². The van der Waals surface area contributed by atoms with Gasteiger partial charge >= 0.3 is 0 Å². The highest BCUT2D eigenvalue weighted by atomic mass is 16.5. The fourth-order valence-corrected chi connectivity index (χ4v) is 4.01. The first kappa shape index (κ1) is 14.3. The normalized spacial score (nSPS) is 38.8. The number of likely N-dealkylation sites (tertiary alicyclic amines) is 1. The van der Waals surface area contributed by atoms with Crippen molar-refractivity contribution >= 4 is 0 Å². The lowest BCUT2D eigenvalue weighted by Gasteiger charge is -2.52. The number of nitrogens with two attached hydrogens (primary N) is 1. The van der Waals surface area contributed by atoms with Crippen LogP contribution in [0.15, 0.2) is 0 Å². The average Bonchev–Trinajstić information content (AvgIpc) is 2.40. The zero-order valence-corrected chi connectivity index (χ0v) is 12.2. The van der Waals surface area contributed by atoms with Crippen molar-refractivity contribution in [3.05, 3.63) is 0 Å². The minimum absolute atomic E-state index is 0.258.